The molecule has 0 spiro atoms. The standard InChI is InChI=1S/C16H28N2O2S/c1-6-16(7-2)14(20)18(10-15(21-5)8-9-15)12(11(3)4)13(19)17-16/h11-12H,6-10H2,1-5H3,(H,17,19). The van der Waals surface area contributed by atoms with Crippen molar-refractivity contribution >= 4 is 23.6 Å². The van der Waals surface area contributed by atoms with Crippen LogP contribution in [0.2, 0.25) is 0 Å². The first kappa shape index (κ1) is 16.7. The Morgan fingerprint density at radius 3 is 2.24 bits per heavy atom. The van der Waals surface area contributed by atoms with Crippen LogP contribution in [-0.2, 0) is 9.59 Å². The highest BCUT2D eigenvalue weighted by Gasteiger charge is 2.53. The first-order valence-corrected chi connectivity index (χ1v) is 9.25. The molecule has 120 valence electrons. The molecule has 0 aromatic carbocycles. The normalized spacial score (nSPS) is 27.0. The molecule has 2 amide bonds. The van der Waals surface area contributed by atoms with Crippen molar-refractivity contribution in [3.8, 4) is 0 Å². The van der Waals surface area contributed by atoms with Gasteiger partial charge in [-0.3, -0.25) is 9.59 Å². The summed E-state index contributed by atoms with van der Waals surface area (Å²) in [4.78, 5) is 27.6. The van der Waals surface area contributed by atoms with Gasteiger partial charge in [0.2, 0.25) is 11.8 Å². The first-order chi connectivity index (χ1) is 9.84. The molecule has 1 heterocycles. The van der Waals surface area contributed by atoms with Crippen LogP contribution in [0.5, 0.6) is 0 Å². The number of carbonyl (C=O) groups excluding carboxylic acids is 2. The van der Waals surface area contributed by atoms with Gasteiger partial charge in [-0.1, -0.05) is 27.7 Å². The summed E-state index contributed by atoms with van der Waals surface area (Å²) in [5.41, 5.74) is -0.697. The van der Waals surface area contributed by atoms with Gasteiger partial charge in [-0.25, -0.2) is 0 Å². The molecule has 0 aromatic rings. The number of hydrogen-bond acceptors (Lipinski definition) is 3. The molecule has 1 unspecified atom stereocenters. The highest BCUT2D eigenvalue weighted by Crippen LogP contribution is 2.48. The molecule has 4 nitrogen and oxygen atoms in total. The molecule has 0 bridgehead atoms. The van der Waals surface area contributed by atoms with Gasteiger partial charge >= 0.3 is 0 Å². The summed E-state index contributed by atoms with van der Waals surface area (Å²) in [7, 11) is 0. The summed E-state index contributed by atoms with van der Waals surface area (Å²) in [6.45, 7) is 8.72. The SMILES string of the molecule is CCC1(CC)NC(=O)C(C(C)C)N(CC2(SC)CC2)C1=O. The summed E-state index contributed by atoms with van der Waals surface area (Å²) < 4.78 is 0.188. The Bertz CT molecular complexity index is 428. The second kappa shape index (κ2) is 5.82. The molecule has 21 heavy (non-hydrogen) atoms. The van der Waals surface area contributed by atoms with E-state index in [1.54, 1.807) is 0 Å². The molecule has 2 aliphatic rings. The van der Waals surface area contributed by atoms with Gasteiger partial charge in [0.05, 0.1) is 0 Å². The van der Waals surface area contributed by atoms with Crippen molar-refractivity contribution in [2.45, 2.75) is 69.7 Å². The topological polar surface area (TPSA) is 49.4 Å². The maximum atomic E-state index is 13.1. The van der Waals surface area contributed by atoms with E-state index in [1.807, 2.05) is 44.4 Å². The number of nitrogens with one attached hydrogen (secondary N) is 1. The minimum absolute atomic E-state index is 0.0187. The van der Waals surface area contributed by atoms with Gasteiger partial charge in [0.25, 0.3) is 0 Å². The van der Waals surface area contributed by atoms with Gasteiger partial charge in [-0.2, -0.15) is 11.8 Å². The van der Waals surface area contributed by atoms with Crippen molar-refractivity contribution in [2.24, 2.45) is 5.92 Å². The van der Waals surface area contributed by atoms with Crippen molar-refractivity contribution < 1.29 is 9.59 Å². The third-order valence-corrected chi connectivity index (χ3v) is 6.58. The Morgan fingerprint density at radius 1 is 1.29 bits per heavy atom. The van der Waals surface area contributed by atoms with Crippen molar-refractivity contribution in [3.05, 3.63) is 0 Å². The molecule has 1 aliphatic heterocycles. The molecular formula is C16H28N2O2S. The summed E-state index contributed by atoms with van der Waals surface area (Å²) in [5, 5.41) is 3.03. The summed E-state index contributed by atoms with van der Waals surface area (Å²) in [6, 6.07) is -0.326. The van der Waals surface area contributed by atoms with Crippen LogP contribution in [0.1, 0.15) is 53.4 Å². The molecule has 0 radical (unpaired) electrons. The Balaban J connectivity index is 2.33. The molecule has 1 saturated heterocycles. The largest absolute Gasteiger partial charge is 0.340 e. The molecule has 1 N–H and O–H groups in total. The molecule has 0 aromatic heterocycles. The molecule has 2 rings (SSSR count). The fraction of sp³-hybridized carbons (Fsp3) is 0.875. The number of rotatable bonds is 6. The first-order valence-electron chi connectivity index (χ1n) is 8.03. The molecule has 2 fully saturated rings. The van der Waals surface area contributed by atoms with E-state index in [9.17, 15) is 9.59 Å². The van der Waals surface area contributed by atoms with Gasteiger partial charge in [-0.05, 0) is 37.9 Å². The number of nitrogens with zero attached hydrogens (tertiary/aromatic N) is 1. The third-order valence-electron chi connectivity index (χ3n) is 5.17. The molecular weight excluding hydrogens is 284 g/mol. The number of carbonyl (C=O) groups is 2. The fourth-order valence-electron chi connectivity index (χ4n) is 3.34. The summed E-state index contributed by atoms with van der Waals surface area (Å²) >= 11 is 1.84. The van der Waals surface area contributed by atoms with E-state index in [1.165, 1.54) is 0 Å². The van der Waals surface area contributed by atoms with Crippen molar-refractivity contribution in [1.29, 1.82) is 0 Å². The lowest BCUT2D eigenvalue weighted by atomic mass is 9.84. The second-order valence-electron chi connectivity index (χ2n) is 6.79. The van der Waals surface area contributed by atoms with Crippen molar-refractivity contribution in [2.75, 3.05) is 12.8 Å². The van der Waals surface area contributed by atoms with E-state index >= 15 is 0 Å². The zero-order valence-corrected chi connectivity index (χ0v) is 14.7. The molecule has 5 heteroatoms. The minimum atomic E-state index is -0.697. The number of amides is 2. The molecule has 1 aliphatic carbocycles. The zero-order valence-electron chi connectivity index (χ0n) is 13.9. The lowest BCUT2D eigenvalue weighted by Crippen LogP contribution is -2.71. The number of hydrogen-bond donors (Lipinski definition) is 1. The quantitative estimate of drug-likeness (QED) is 0.819. The van der Waals surface area contributed by atoms with Gasteiger partial charge < -0.3 is 10.2 Å². The van der Waals surface area contributed by atoms with Gasteiger partial charge in [0, 0.05) is 11.3 Å². The van der Waals surface area contributed by atoms with Crippen LogP contribution >= 0.6 is 11.8 Å². The Morgan fingerprint density at radius 2 is 1.86 bits per heavy atom. The van der Waals surface area contributed by atoms with Crippen LogP contribution in [0.15, 0.2) is 0 Å². The average molecular weight is 312 g/mol. The maximum absolute atomic E-state index is 13.1. The van der Waals surface area contributed by atoms with Crippen molar-refractivity contribution in [3.63, 3.8) is 0 Å². The highest BCUT2D eigenvalue weighted by atomic mass is 32.2. The minimum Gasteiger partial charge on any atom is -0.340 e. The molecule has 1 saturated carbocycles. The summed E-state index contributed by atoms with van der Waals surface area (Å²) in [5.74, 6) is 0.273. The lowest BCUT2D eigenvalue weighted by Gasteiger charge is -2.47. The van der Waals surface area contributed by atoms with Crippen LogP contribution in [0.4, 0.5) is 0 Å². The van der Waals surface area contributed by atoms with E-state index in [-0.39, 0.29) is 28.5 Å². The van der Waals surface area contributed by atoms with Crippen LogP contribution in [0, 0.1) is 5.92 Å². The van der Waals surface area contributed by atoms with Crippen molar-refractivity contribution in [1.82, 2.24) is 10.2 Å². The van der Waals surface area contributed by atoms with E-state index in [0.29, 0.717) is 19.4 Å². The van der Waals surface area contributed by atoms with E-state index < -0.39 is 5.54 Å². The number of thioether (sulfide) groups is 1. The Labute approximate surface area is 132 Å². The monoisotopic (exact) mass is 312 g/mol. The van der Waals surface area contributed by atoms with Gasteiger partial charge in [-0.15, -0.1) is 0 Å². The van der Waals surface area contributed by atoms with Crippen LogP contribution in [0.3, 0.4) is 0 Å². The molecule has 1 atom stereocenters. The van der Waals surface area contributed by atoms with Gasteiger partial charge in [0.15, 0.2) is 0 Å². The van der Waals surface area contributed by atoms with E-state index in [4.69, 9.17) is 0 Å². The summed E-state index contributed by atoms with van der Waals surface area (Å²) in [6.07, 6.45) is 5.72. The van der Waals surface area contributed by atoms with Crippen LogP contribution in [-0.4, -0.2) is 45.8 Å². The predicted octanol–water partition coefficient (Wildman–Crippen LogP) is 2.42. The Kier molecular flexibility index (Phi) is 4.62. The maximum Gasteiger partial charge on any atom is 0.249 e. The zero-order chi connectivity index (χ0) is 15.8. The Hall–Kier alpha value is -0.710. The van der Waals surface area contributed by atoms with Crippen LogP contribution < -0.4 is 5.32 Å². The lowest BCUT2D eigenvalue weighted by molar-refractivity contribution is -0.157. The fourth-order valence-corrected chi connectivity index (χ4v) is 4.12. The smallest absolute Gasteiger partial charge is 0.249 e. The third kappa shape index (κ3) is 2.81. The van der Waals surface area contributed by atoms with E-state index in [0.717, 1.165) is 12.8 Å². The van der Waals surface area contributed by atoms with Crippen LogP contribution in [0.25, 0.3) is 0 Å². The predicted molar refractivity (Wildman–Crippen MR) is 87.3 cm³/mol. The van der Waals surface area contributed by atoms with Gasteiger partial charge in [0.1, 0.15) is 11.6 Å². The van der Waals surface area contributed by atoms with E-state index in [2.05, 4.69) is 11.6 Å². The number of piperazine rings is 1. The highest BCUT2D eigenvalue weighted by molar-refractivity contribution is 8.00. The second-order valence-corrected chi connectivity index (χ2v) is 8.06. The average Bonchev–Trinajstić information content (AvgIpc) is 3.22.